The summed E-state index contributed by atoms with van der Waals surface area (Å²) >= 11 is 0. The molecular formula is C12H16O3. The Kier molecular flexibility index (Phi) is 3.21. The Balaban J connectivity index is 2.04. The molecule has 0 unspecified atom stereocenters. The standard InChI is InChI=1S/C12H16O3/c1-14-8-10-6-7-11(15-10)12(13)9-4-2-3-5-9/h6-7,9H,2-5,8H2,1H3. The molecule has 0 bridgehead atoms. The van der Waals surface area contributed by atoms with Crippen molar-refractivity contribution in [3.63, 3.8) is 0 Å². The molecule has 1 heterocycles. The normalized spacial score (nSPS) is 17.1. The first-order chi connectivity index (χ1) is 7.31. The molecule has 1 aliphatic carbocycles. The van der Waals surface area contributed by atoms with Gasteiger partial charge < -0.3 is 9.15 Å². The molecule has 3 nitrogen and oxygen atoms in total. The van der Waals surface area contributed by atoms with Gasteiger partial charge in [-0.1, -0.05) is 12.8 Å². The first kappa shape index (κ1) is 10.4. The molecule has 0 amide bonds. The number of methoxy groups -OCH3 is 1. The van der Waals surface area contributed by atoms with Gasteiger partial charge in [-0.15, -0.1) is 0 Å². The van der Waals surface area contributed by atoms with Crippen LogP contribution in [0.3, 0.4) is 0 Å². The molecule has 1 aromatic heterocycles. The maximum Gasteiger partial charge on any atom is 0.201 e. The molecule has 1 aromatic rings. The monoisotopic (exact) mass is 208 g/mol. The quantitative estimate of drug-likeness (QED) is 0.714. The predicted molar refractivity (Wildman–Crippen MR) is 55.7 cm³/mol. The molecule has 0 spiro atoms. The molecule has 3 heteroatoms. The van der Waals surface area contributed by atoms with Crippen LogP contribution in [-0.2, 0) is 11.3 Å². The fraction of sp³-hybridized carbons (Fsp3) is 0.583. The lowest BCUT2D eigenvalue weighted by atomic mass is 10.0. The van der Waals surface area contributed by atoms with E-state index in [4.69, 9.17) is 9.15 Å². The minimum absolute atomic E-state index is 0.162. The fourth-order valence-electron chi connectivity index (χ4n) is 2.12. The zero-order valence-electron chi connectivity index (χ0n) is 8.99. The fourth-order valence-corrected chi connectivity index (χ4v) is 2.12. The summed E-state index contributed by atoms with van der Waals surface area (Å²) in [5.74, 6) is 1.56. The molecule has 0 saturated heterocycles. The van der Waals surface area contributed by atoms with Gasteiger partial charge in [0.1, 0.15) is 12.4 Å². The average molecular weight is 208 g/mol. The van der Waals surface area contributed by atoms with E-state index < -0.39 is 0 Å². The molecule has 82 valence electrons. The number of ether oxygens (including phenoxy) is 1. The van der Waals surface area contributed by atoms with Gasteiger partial charge in [-0.25, -0.2) is 0 Å². The summed E-state index contributed by atoms with van der Waals surface area (Å²) < 4.78 is 10.4. The summed E-state index contributed by atoms with van der Waals surface area (Å²) in [5, 5.41) is 0. The van der Waals surface area contributed by atoms with Crippen molar-refractivity contribution in [2.75, 3.05) is 7.11 Å². The number of carbonyl (C=O) groups excluding carboxylic acids is 1. The zero-order chi connectivity index (χ0) is 10.7. The number of ketones is 1. The van der Waals surface area contributed by atoms with Gasteiger partial charge >= 0.3 is 0 Å². The summed E-state index contributed by atoms with van der Waals surface area (Å²) in [6.45, 7) is 0.429. The van der Waals surface area contributed by atoms with Gasteiger partial charge in [0.15, 0.2) is 5.76 Å². The smallest absolute Gasteiger partial charge is 0.201 e. The summed E-state index contributed by atoms with van der Waals surface area (Å²) in [6.07, 6.45) is 4.36. The number of Topliss-reactive ketones (excluding diaryl/α,β-unsaturated/α-hetero) is 1. The number of carbonyl (C=O) groups is 1. The highest BCUT2D eigenvalue weighted by molar-refractivity contribution is 5.95. The van der Waals surface area contributed by atoms with Crippen molar-refractivity contribution in [1.82, 2.24) is 0 Å². The molecule has 1 fully saturated rings. The van der Waals surface area contributed by atoms with Crippen molar-refractivity contribution in [2.24, 2.45) is 5.92 Å². The lowest BCUT2D eigenvalue weighted by Crippen LogP contribution is -2.09. The maximum atomic E-state index is 11.9. The van der Waals surface area contributed by atoms with E-state index in [0.29, 0.717) is 12.4 Å². The van der Waals surface area contributed by atoms with Crippen LogP contribution in [0.1, 0.15) is 42.0 Å². The first-order valence-corrected chi connectivity index (χ1v) is 5.43. The zero-order valence-corrected chi connectivity index (χ0v) is 8.99. The molecule has 0 radical (unpaired) electrons. The second-order valence-electron chi connectivity index (χ2n) is 4.04. The van der Waals surface area contributed by atoms with Crippen LogP contribution in [-0.4, -0.2) is 12.9 Å². The maximum absolute atomic E-state index is 11.9. The van der Waals surface area contributed by atoms with Crippen LogP contribution in [0.5, 0.6) is 0 Å². The Bertz CT molecular complexity index is 334. The number of hydrogen-bond donors (Lipinski definition) is 0. The highest BCUT2D eigenvalue weighted by Gasteiger charge is 2.25. The van der Waals surface area contributed by atoms with E-state index in [0.717, 1.165) is 18.6 Å². The van der Waals surface area contributed by atoms with Gasteiger partial charge in [0, 0.05) is 13.0 Å². The third-order valence-electron chi connectivity index (χ3n) is 2.92. The largest absolute Gasteiger partial charge is 0.456 e. The van der Waals surface area contributed by atoms with Crippen LogP contribution in [0.4, 0.5) is 0 Å². The highest BCUT2D eigenvalue weighted by atomic mass is 16.5. The Morgan fingerprint density at radius 2 is 2.20 bits per heavy atom. The van der Waals surface area contributed by atoms with Crippen LogP contribution in [0.25, 0.3) is 0 Å². The average Bonchev–Trinajstić information content (AvgIpc) is 2.87. The van der Waals surface area contributed by atoms with Crippen molar-refractivity contribution in [3.8, 4) is 0 Å². The van der Waals surface area contributed by atoms with Crippen LogP contribution in [0, 0.1) is 5.92 Å². The molecule has 0 aliphatic heterocycles. The SMILES string of the molecule is COCc1ccc(C(=O)C2CCCC2)o1. The molecule has 2 rings (SSSR count). The first-order valence-electron chi connectivity index (χ1n) is 5.43. The van der Waals surface area contributed by atoms with Crippen molar-refractivity contribution in [2.45, 2.75) is 32.3 Å². The summed E-state index contributed by atoms with van der Waals surface area (Å²) in [4.78, 5) is 11.9. The van der Waals surface area contributed by atoms with E-state index in [2.05, 4.69) is 0 Å². The van der Waals surface area contributed by atoms with E-state index in [1.165, 1.54) is 12.8 Å². The Morgan fingerprint density at radius 1 is 1.47 bits per heavy atom. The topological polar surface area (TPSA) is 39.4 Å². The minimum Gasteiger partial charge on any atom is -0.456 e. The Labute approximate surface area is 89.4 Å². The number of rotatable bonds is 4. The van der Waals surface area contributed by atoms with Crippen molar-refractivity contribution >= 4 is 5.78 Å². The summed E-state index contributed by atoms with van der Waals surface area (Å²) in [5.41, 5.74) is 0. The van der Waals surface area contributed by atoms with Gasteiger partial charge in [-0.05, 0) is 25.0 Å². The summed E-state index contributed by atoms with van der Waals surface area (Å²) in [6, 6.07) is 3.57. The lowest BCUT2D eigenvalue weighted by molar-refractivity contribution is 0.0886. The van der Waals surface area contributed by atoms with E-state index in [-0.39, 0.29) is 11.7 Å². The molecule has 15 heavy (non-hydrogen) atoms. The minimum atomic E-state index is 0.162. The molecule has 1 aliphatic rings. The van der Waals surface area contributed by atoms with Gasteiger partial charge in [0.2, 0.25) is 5.78 Å². The lowest BCUT2D eigenvalue weighted by Gasteiger charge is -2.04. The van der Waals surface area contributed by atoms with Crippen LogP contribution >= 0.6 is 0 Å². The van der Waals surface area contributed by atoms with E-state index >= 15 is 0 Å². The van der Waals surface area contributed by atoms with Crippen LogP contribution in [0.2, 0.25) is 0 Å². The second kappa shape index (κ2) is 4.62. The number of hydrogen-bond acceptors (Lipinski definition) is 3. The van der Waals surface area contributed by atoms with Gasteiger partial charge in [-0.2, -0.15) is 0 Å². The van der Waals surface area contributed by atoms with Gasteiger partial charge in [-0.3, -0.25) is 4.79 Å². The molecular weight excluding hydrogens is 192 g/mol. The highest BCUT2D eigenvalue weighted by Crippen LogP contribution is 2.28. The molecule has 0 N–H and O–H groups in total. The van der Waals surface area contributed by atoms with Crippen molar-refractivity contribution < 1.29 is 13.9 Å². The molecule has 0 aromatic carbocycles. The van der Waals surface area contributed by atoms with Gasteiger partial charge in [0.05, 0.1) is 0 Å². The third-order valence-corrected chi connectivity index (χ3v) is 2.92. The molecule has 1 saturated carbocycles. The number of furan rings is 1. The Hall–Kier alpha value is -1.09. The van der Waals surface area contributed by atoms with Crippen molar-refractivity contribution in [1.29, 1.82) is 0 Å². The summed E-state index contributed by atoms with van der Waals surface area (Å²) in [7, 11) is 1.61. The molecule has 0 atom stereocenters. The Morgan fingerprint density at radius 3 is 2.87 bits per heavy atom. The van der Waals surface area contributed by atoms with Crippen molar-refractivity contribution in [3.05, 3.63) is 23.7 Å². The predicted octanol–water partition coefficient (Wildman–Crippen LogP) is 2.80. The third kappa shape index (κ3) is 2.29. The van der Waals surface area contributed by atoms with Crippen LogP contribution < -0.4 is 0 Å². The van der Waals surface area contributed by atoms with Gasteiger partial charge in [0.25, 0.3) is 0 Å². The second-order valence-corrected chi connectivity index (χ2v) is 4.04. The van der Waals surface area contributed by atoms with Crippen LogP contribution in [0.15, 0.2) is 16.5 Å². The van der Waals surface area contributed by atoms with E-state index in [1.807, 2.05) is 6.07 Å². The van der Waals surface area contributed by atoms with E-state index in [1.54, 1.807) is 13.2 Å². The van der Waals surface area contributed by atoms with E-state index in [9.17, 15) is 4.79 Å².